The number of hydrogen-bond acceptors (Lipinski definition) is 5. The van der Waals surface area contributed by atoms with Crippen molar-refractivity contribution in [3.05, 3.63) is 34.9 Å². The Labute approximate surface area is 194 Å². The van der Waals surface area contributed by atoms with Crippen LogP contribution in [0.25, 0.3) is 0 Å². The minimum Gasteiger partial charge on any atom is -0.453 e. The summed E-state index contributed by atoms with van der Waals surface area (Å²) in [4.78, 5) is 31.9. The maximum Gasteiger partial charge on any atom is 0.409 e. The van der Waals surface area contributed by atoms with Gasteiger partial charge in [-0.2, -0.15) is 0 Å². The van der Waals surface area contributed by atoms with E-state index in [1.807, 2.05) is 17.0 Å². The number of carbonyl (C=O) groups is 2. The zero-order valence-corrected chi connectivity index (χ0v) is 19.4. The van der Waals surface area contributed by atoms with Gasteiger partial charge in [-0.15, -0.1) is 12.4 Å². The Kier molecular flexibility index (Phi) is 8.08. The molecule has 0 aromatic heterocycles. The molecule has 1 aromatic carbocycles. The van der Waals surface area contributed by atoms with Crippen molar-refractivity contribution in [1.29, 1.82) is 0 Å². The fourth-order valence-corrected chi connectivity index (χ4v) is 5.53. The van der Waals surface area contributed by atoms with E-state index in [4.69, 9.17) is 16.3 Å². The molecule has 3 aliphatic rings. The number of nitrogens with zero attached hydrogens (tertiary/aromatic N) is 3. The number of likely N-dealkylation sites (tertiary alicyclic amines) is 1. The summed E-state index contributed by atoms with van der Waals surface area (Å²) in [5.74, 6) is 0.0727. The van der Waals surface area contributed by atoms with Gasteiger partial charge >= 0.3 is 6.09 Å². The number of benzene rings is 1. The van der Waals surface area contributed by atoms with E-state index in [2.05, 4.69) is 4.90 Å². The van der Waals surface area contributed by atoms with E-state index < -0.39 is 0 Å². The van der Waals surface area contributed by atoms with Gasteiger partial charge in [-0.1, -0.05) is 23.7 Å². The molecule has 172 valence electrons. The molecule has 1 N–H and O–H groups in total. The van der Waals surface area contributed by atoms with Gasteiger partial charge in [0.05, 0.1) is 31.7 Å². The summed E-state index contributed by atoms with van der Waals surface area (Å²) < 4.78 is 5.04. The van der Waals surface area contributed by atoms with Gasteiger partial charge in [0.1, 0.15) is 0 Å². The molecule has 2 amide bonds. The Bertz CT molecular complexity index is 779. The number of methoxy groups -OCH3 is 1. The van der Waals surface area contributed by atoms with Crippen LogP contribution in [0.4, 0.5) is 4.79 Å². The van der Waals surface area contributed by atoms with E-state index in [1.165, 1.54) is 7.11 Å². The summed E-state index contributed by atoms with van der Waals surface area (Å²) in [7, 11) is 1.41. The lowest BCUT2D eigenvalue weighted by atomic mass is 9.81. The second-order valence-electron chi connectivity index (χ2n) is 8.55. The minimum absolute atomic E-state index is 0. The van der Waals surface area contributed by atoms with E-state index in [0.29, 0.717) is 31.1 Å². The third-order valence-corrected chi connectivity index (χ3v) is 7.04. The molecule has 4 rings (SSSR count). The highest BCUT2D eigenvalue weighted by atomic mass is 35.5. The molecule has 9 heteroatoms. The zero-order valence-electron chi connectivity index (χ0n) is 17.8. The maximum atomic E-state index is 13.4. The molecule has 0 unspecified atom stereocenters. The second-order valence-corrected chi connectivity index (χ2v) is 8.98. The van der Waals surface area contributed by atoms with Crippen molar-refractivity contribution in [2.75, 3.05) is 33.3 Å². The summed E-state index contributed by atoms with van der Waals surface area (Å²) in [5.41, 5.74) is 0.931. The van der Waals surface area contributed by atoms with Crippen molar-refractivity contribution in [3.63, 3.8) is 0 Å². The van der Waals surface area contributed by atoms with Crippen molar-refractivity contribution < 1.29 is 19.4 Å². The fourth-order valence-electron chi connectivity index (χ4n) is 5.40. The number of aliphatic hydroxyl groups is 1. The fraction of sp³-hybridized carbons (Fsp3) is 0.636. The second kappa shape index (κ2) is 10.4. The van der Waals surface area contributed by atoms with Crippen LogP contribution in [0.15, 0.2) is 24.3 Å². The molecule has 0 bridgehead atoms. The van der Waals surface area contributed by atoms with E-state index in [9.17, 15) is 14.7 Å². The Morgan fingerprint density at radius 1 is 1.06 bits per heavy atom. The van der Waals surface area contributed by atoms with E-state index in [-0.39, 0.29) is 48.6 Å². The van der Waals surface area contributed by atoms with Crippen LogP contribution in [0, 0.1) is 0 Å². The molecule has 7 nitrogen and oxygen atoms in total. The van der Waals surface area contributed by atoms with Gasteiger partial charge in [0, 0.05) is 37.2 Å². The van der Waals surface area contributed by atoms with Crippen LogP contribution >= 0.6 is 24.0 Å². The van der Waals surface area contributed by atoms with Crippen LogP contribution in [0.1, 0.15) is 31.2 Å². The number of rotatable bonds is 3. The smallest absolute Gasteiger partial charge is 0.409 e. The largest absolute Gasteiger partial charge is 0.453 e. The lowest BCUT2D eigenvalue weighted by molar-refractivity contribution is -0.142. The summed E-state index contributed by atoms with van der Waals surface area (Å²) in [6.45, 7) is 2.43. The Morgan fingerprint density at radius 3 is 2.39 bits per heavy atom. The standard InChI is InChI=1S/C22H30ClN3O4.ClH/c1-30-22(29)25-11-12-26(20(28)13-15-5-7-16(23)8-6-15)21-18(3-2-4-19(21)25)24-10-9-17(27)14-24;/h5-8,17-19,21,27H,2-4,9-14H2,1H3;1H/t17-,18-,19-,21+;/m0./s1. The molecule has 1 saturated carbocycles. The predicted octanol–water partition coefficient (Wildman–Crippen LogP) is 2.57. The number of amides is 2. The SMILES string of the molecule is COC(=O)N1CCN(C(=O)Cc2ccc(Cl)cc2)[C@@H]2[C@@H](N3CC[C@H](O)C3)CCC[C@@H]21.Cl. The first-order chi connectivity index (χ1) is 14.5. The first-order valence-electron chi connectivity index (χ1n) is 10.8. The van der Waals surface area contributed by atoms with Gasteiger partial charge in [-0.3, -0.25) is 9.69 Å². The topological polar surface area (TPSA) is 73.3 Å². The van der Waals surface area contributed by atoms with Crippen LogP contribution in [-0.2, 0) is 16.0 Å². The zero-order chi connectivity index (χ0) is 21.3. The normalized spacial score (nSPS) is 28.6. The van der Waals surface area contributed by atoms with Crippen LogP contribution < -0.4 is 0 Å². The third kappa shape index (κ3) is 5.11. The molecule has 31 heavy (non-hydrogen) atoms. The first kappa shape index (κ1) is 24.1. The molecule has 3 fully saturated rings. The van der Waals surface area contributed by atoms with Gasteiger partial charge in [0.15, 0.2) is 0 Å². The lowest BCUT2D eigenvalue weighted by Gasteiger charge is -2.54. The van der Waals surface area contributed by atoms with E-state index >= 15 is 0 Å². The summed E-state index contributed by atoms with van der Waals surface area (Å²) in [5, 5.41) is 10.7. The Balaban J connectivity index is 0.00000272. The van der Waals surface area contributed by atoms with Crippen LogP contribution in [0.3, 0.4) is 0 Å². The van der Waals surface area contributed by atoms with Crippen molar-refractivity contribution in [1.82, 2.24) is 14.7 Å². The van der Waals surface area contributed by atoms with Gasteiger partial charge < -0.3 is 19.6 Å². The highest BCUT2D eigenvalue weighted by Crippen LogP contribution is 2.35. The molecule has 4 atom stereocenters. The van der Waals surface area contributed by atoms with E-state index in [0.717, 1.165) is 37.8 Å². The summed E-state index contributed by atoms with van der Waals surface area (Å²) >= 11 is 5.98. The number of aliphatic hydroxyl groups excluding tert-OH is 1. The lowest BCUT2D eigenvalue weighted by Crippen LogP contribution is -2.69. The Hall–Kier alpha value is -1.54. The molecule has 1 aromatic rings. The van der Waals surface area contributed by atoms with Gasteiger partial charge in [0.25, 0.3) is 0 Å². The van der Waals surface area contributed by atoms with Gasteiger partial charge in [-0.25, -0.2) is 4.79 Å². The summed E-state index contributed by atoms with van der Waals surface area (Å²) in [6, 6.07) is 7.37. The average molecular weight is 472 g/mol. The van der Waals surface area contributed by atoms with Gasteiger partial charge in [0.2, 0.25) is 5.91 Å². The van der Waals surface area contributed by atoms with E-state index in [1.54, 1.807) is 17.0 Å². The molecular weight excluding hydrogens is 441 g/mol. The first-order valence-corrected chi connectivity index (χ1v) is 11.2. The van der Waals surface area contributed by atoms with Crippen molar-refractivity contribution >= 4 is 36.0 Å². The molecular formula is C22H31Cl2N3O4. The Morgan fingerprint density at radius 2 is 1.74 bits per heavy atom. The van der Waals surface area contributed by atoms with Crippen molar-refractivity contribution in [2.24, 2.45) is 0 Å². The third-order valence-electron chi connectivity index (χ3n) is 6.79. The number of ether oxygens (including phenoxy) is 1. The number of fused-ring (bicyclic) bond motifs is 1. The predicted molar refractivity (Wildman–Crippen MR) is 121 cm³/mol. The number of hydrogen-bond donors (Lipinski definition) is 1. The number of halogens is 2. The molecule has 0 spiro atoms. The minimum atomic E-state index is -0.322. The van der Waals surface area contributed by atoms with Crippen molar-refractivity contribution in [3.8, 4) is 0 Å². The van der Waals surface area contributed by atoms with Crippen LogP contribution in [-0.4, -0.2) is 89.3 Å². The number of carbonyl (C=O) groups excluding carboxylic acids is 2. The van der Waals surface area contributed by atoms with Crippen LogP contribution in [0.5, 0.6) is 0 Å². The maximum absolute atomic E-state index is 13.4. The van der Waals surface area contributed by atoms with Gasteiger partial charge in [-0.05, 0) is 43.4 Å². The summed E-state index contributed by atoms with van der Waals surface area (Å²) in [6.07, 6.45) is 3.25. The highest BCUT2D eigenvalue weighted by Gasteiger charge is 2.49. The monoisotopic (exact) mass is 471 g/mol. The average Bonchev–Trinajstić information content (AvgIpc) is 3.19. The van der Waals surface area contributed by atoms with Crippen molar-refractivity contribution in [2.45, 2.75) is 56.3 Å². The quantitative estimate of drug-likeness (QED) is 0.732. The molecule has 2 aliphatic heterocycles. The number of piperazine rings is 1. The molecule has 2 saturated heterocycles. The molecule has 0 radical (unpaired) electrons. The highest BCUT2D eigenvalue weighted by molar-refractivity contribution is 6.30. The molecule has 2 heterocycles. The number of β-amino-alcohol motifs (C(OH)–C–C–N with tert-alkyl or cyclic N) is 1. The van der Waals surface area contributed by atoms with Crippen LogP contribution in [0.2, 0.25) is 5.02 Å². The molecule has 1 aliphatic carbocycles.